The molecule has 0 aliphatic carbocycles. The predicted octanol–water partition coefficient (Wildman–Crippen LogP) is 9.89. The summed E-state index contributed by atoms with van der Waals surface area (Å²) in [6.07, 6.45) is 0. The number of aryl methyl sites for hydroxylation is 2. The van der Waals surface area contributed by atoms with Gasteiger partial charge in [0.1, 0.15) is 0 Å². The Kier molecular flexibility index (Phi) is 17.4. The topological polar surface area (TPSA) is 0 Å². The van der Waals surface area contributed by atoms with Gasteiger partial charge >= 0.3 is 30.2 Å². The number of benzene rings is 3. The van der Waals surface area contributed by atoms with Crippen LogP contribution < -0.4 is 0 Å². The van der Waals surface area contributed by atoms with Gasteiger partial charge in [-0.3, -0.25) is 0 Å². The molecule has 2 radical (unpaired) electrons. The minimum absolute atomic E-state index is 0. The van der Waals surface area contributed by atoms with Gasteiger partial charge in [0.15, 0.2) is 0 Å². The van der Waals surface area contributed by atoms with E-state index in [1.54, 1.807) is 0 Å². The molecule has 0 heterocycles. The monoisotopic (exact) mass is 596 g/mol. The molecular formula is C31H36Cl2SiZr-4. The molecule has 4 heteroatoms. The maximum absolute atomic E-state index is 3.06. The van der Waals surface area contributed by atoms with E-state index in [2.05, 4.69) is 126 Å². The first-order chi connectivity index (χ1) is 15.0. The zero-order valence-corrected chi connectivity index (χ0v) is 26.6. The number of hydrogen-bond donors (Lipinski definition) is 0. The van der Waals surface area contributed by atoms with Crippen molar-refractivity contribution in [1.82, 2.24) is 0 Å². The van der Waals surface area contributed by atoms with Crippen LogP contribution in [0.15, 0.2) is 91.0 Å². The van der Waals surface area contributed by atoms with Gasteiger partial charge in [-0.2, -0.15) is 12.1 Å². The Bertz CT molecular complexity index is 1240. The summed E-state index contributed by atoms with van der Waals surface area (Å²) < 4.78 is 0. The van der Waals surface area contributed by atoms with Crippen molar-refractivity contribution >= 4 is 53.2 Å². The molecule has 35 heavy (non-hydrogen) atoms. The molecular weight excluding hydrogens is 563 g/mol. The van der Waals surface area contributed by atoms with Gasteiger partial charge in [-0.1, -0.05) is 74.4 Å². The van der Waals surface area contributed by atoms with E-state index in [0.717, 1.165) is 0 Å². The van der Waals surface area contributed by atoms with Crippen molar-refractivity contribution in [3.8, 4) is 11.1 Å². The summed E-state index contributed by atoms with van der Waals surface area (Å²) in [7, 11) is 0. The maximum atomic E-state index is 3.06. The fourth-order valence-electron chi connectivity index (χ4n) is 3.99. The van der Waals surface area contributed by atoms with Crippen LogP contribution in [0.3, 0.4) is 0 Å². The molecule has 0 unspecified atom stereocenters. The number of halogens is 2. The molecule has 0 saturated heterocycles. The second-order valence-electron chi connectivity index (χ2n) is 8.29. The van der Waals surface area contributed by atoms with E-state index in [0.29, 0.717) is 5.92 Å². The first-order valence-corrected chi connectivity index (χ1v) is 14.8. The molecule has 5 aromatic rings. The summed E-state index contributed by atoms with van der Waals surface area (Å²) in [5.74, 6) is 0.636. The van der Waals surface area contributed by atoms with Gasteiger partial charge < -0.3 is 14.9 Å². The fraction of sp³-hybridized carbons (Fsp3) is 0.161. The SMILES string of the molecule is CC(C)c1cc2ccccc2[cH-]1.Cc1cc(-c2ccccc2)c2cc(C)[cH-]c2c1.Cl.Cl.[CH3-].[CH3-].[Si]=[Zr]. The van der Waals surface area contributed by atoms with Crippen LogP contribution in [0.25, 0.3) is 32.7 Å². The van der Waals surface area contributed by atoms with Crippen molar-refractivity contribution in [1.29, 1.82) is 0 Å². The Balaban J connectivity index is 0. The zero-order chi connectivity index (χ0) is 22.4. The van der Waals surface area contributed by atoms with Gasteiger partial charge in [0.2, 0.25) is 0 Å². The number of fused-ring (bicyclic) bond motifs is 2. The Morgan fingerprint density at radius 3 is 1.91 bits per heavy atom. The molecule has 0 saturated carbocycles. The molecule has 0 amide bonds. The predicted molar refractivity (Wildman–Crippen MR) is 161 cm³/mol. The van der Waals surface area contributed by atoms with Crippen LogP contribution >= 0.6 is 24.8 Å². The van der Waals surface area contributed by atoms with E-state index in [1.165, 1.54) is 72.7 Å². The third-order valence-corrected chi connectivity index (χ3v) is 5.50. The van der Waals surface area contributed by atoms with Gasteiger partial charge in [0.25, 0.3) is 0 Å². The van der Waals surface area contributed by atoms with E-state index in [1.807, 2.05) is 0 Å². The molecule has 0 nitrogen and oxygen atoms in total. The molecule has 5 aromatic carbocycles. The zero-order valence-electron chi connectivity index (χ0n) is 21.6. The van der Waals surface area contributed by atoms with Crippen LogP contribution in [-0.4, -0.2) is 6.88 Å². The molecule has 5 rings (SSSR count). The first-order valence-electron chi connectivity index (χ1n) is 10.6. The van der Waals surface area contributed by atoms with Crippen LogP contribution in [0, 0.1) is 28.7 Å². The number of hydrogen-bond acceptors (Lipinski definition) is 0. The van der Waals surface area contributed by atoms with E-state index < -0.39 is 0 Å². The molecule has 0 bridgehead atoms. The Morgan fingerprint density at radius 2 is 1.31 bits per heavy atom. The summed E-state index contributed by atoms with van der Waals surface area (Å²) >= 11 is 1.36. The summed E-state index contributed by atoms with van der Waals surface area (Å²) in [4.78, 5) is 0. The van der Waals surface area contributed by atoms with Crippen molar-refractivity contribution < 1.29 is 23.3 Å². The van der Waals surface area contributed by atoms with Gasteiger partial charge in [-0.15, -0.1) is 93.9 Å². The molecule has 0 aliphatic heterocycles. The van der Waals surface area contributed by atoms with E-state index in [9.17, 15) is 0 Å². The van der Waals surface area contributed by atoms with E-state index in [-0.39, 0.29) is 39.7 Å². The number of rotatable bonds is 2. The Hall–Kier alpha value is -1.44. The van der Waals surface area contributed by atoms with Crippen molar-refractivity contribution in [3.63, 3.8) is 0 Å². The van der Waals surface area contributed by atoms with Crippen LogP contribution in [0.4, 0.5) is 0 Å². The van der Waals surface area contributed by atoms with Crippen molar-refractivity contribution in [2.24, 2.45) is 0 Å². The molecule has 0 spiro atoms. The summed E-state index contributed by atoms with van der Waals surface area (Å²) in [6, 6.07) is 32.7. The Morgan fingerprint density at radius 1 is 0.714 bits per heavy atom. The van der Waals surface area contributed by atoms with Crippen molar-refractivity contribution in [3.05, 3.63) is 123 Å². The van der Waals surface area contributed by atoms with Gasteiger partial charge in [-0.25, -0.2) is 0 Å². The third-order valence-electron chi connectivity index (χ3n) is 5.50. The minimum atomic E-state index is 0. The molecule has 186 valence electrons. The fourth-order valence-corrected chi connectivity index (χ4v) is 3.99. The van der Waals surface area contributed by atoms with E-state index >= 15 is 0 Å². The third kappa shape index (κ3) is 9.18. The molecule has 0 fully saturated rings. The van der Waals surface area contributed by atoms with Crippen molar-refractivity contribution in [2.75, 3.05) is 0 Å². The second kappa shape index (κ2) is 17.1. The van der Waals surface area contributed by atoms with Gasteiger partial charge in [-0.05, 0) is 18.4 Å². The molecule has 0 atom stereocenters. The van der Waals surface area contributed by atoms with Crippen LogP contribution in [0.2, 0.25) is 0 Å². The first kappa shape index (κ1) is 35.7. The van der Waals surface area contributed by atoms with Crippen LogP contribution in [0.5, 0.6) is 0 Å². The summed E-state index contributed by atoms with van der Waals surface area (Å²) in [5.41, 5.74) is 6.74. The molecule has 0 N–H and O–H groups in total. The normalized spacial score (nSPS) is 9.26. The molecule has 0 aromatic heterocycles. The van der Waals surface area contributed by atoms with Gasteiger partial charge in [0, 0.05) is 0 Å². The second-order valence-corrected chi connectivity index (χ2v) is 8.29. The van der Waals surface area contributed by atoms with Crippen molar-refractivity contribution in [2.45, 2.75) is 33.6 Å². The Labute approximate surface area is 242 Å². The van der Waals surface area contributed by atoms with E-state index in [4.69, 9.17) is 0 Å². The van der Waals surface area contributed by atoms with Crippen LogP contribution in [-0.2, 0) is 23.3 Å². The summed E-state index contributed by atoms with van der Waals surface area (Å²) in [5, 5.41) is 5.43. The standard InChI is InChI=1S/C17H15.C12H13.2CH3.2ClH.Si.Zr/c1-12-8-15-9-13(2)11-17(15)16(10-12)14-6-4-3-5-7-14;1-9(2)12-7-10-5-3-4-6-11(10)8-12;;;;;;/h3-11H,1-2H3;3-9H,1-2H3;2*1H3;2*1H;;/q4*-1;;;;. The average molecular weight is 599 g/mol. The van der Waals surface area contributed by atoms with Gasteiger partial charge in [0.05, 0.1) is 0 Å². The molecule has 0 aliphatic rings. The quantitative estimate of drug-likeness (QED) is 0.140. The van der Waals surface area contributed by atoms with Crippen LogP contribution in [0.1, 0.15) is 36.5 Å². The average Bonchev–Trinajstić information content (AvgIpc) is 3.38. The summed E-state index contributed by atoms with van der Waals surface area (Å²) in [6.45, 7) is 11.8.